The molecule has 0 saturated carbocycles. The summed E-state index contributed by atoms with van der Waals surface area (Å²) in [5.41, 5.74) is 1.36. The molecular formula is C20H18ClN3O4S2. The van der Waals surface area contributed by atoms with Crippen LogP contribution in [0.1, 0.15) is 5.56 Å². The lowest BCUT2D eigenvalue weighted by Crippen LogP contribution is -2.50. The minimum Gasteiger partial charge on any atom is -0.337 e. The van der Waals surface area contributed by atoms with E-state index in [0.717, 1.165) is 16.9 Å². The Morgan fingerprint density at radius 3 is 2.57 bits per heavy atom. The molecule has 1 aliphatic rings. The van der Waals surface area contributed by atoms with Crippen LogP contribution in [0.4, 0.5) is 0 Å². The number of carbonyl (C=O) groups excluding carboxylic acids is 1. The maximum absolute atomic E-state index is 13.0. The topological polar surface area (TPSA) is 90.6 Å². The molecule has 1 aliphatic heterocycles. The Morgan fingerprint density at radius 1 is 1.10 bits per heavy atom. The molecule has 30 heavy (non-hydrogen) atoms. The first-order valence-corrected chi connectivity index (χ1v) is 11.8. The van der Waals surface area contributed by atoms with Gasteiger partial charge in [0.2, 0.25) is 15.9 Å². The van der Waals surface area contributed by atoms with Crippen LogP contribution in [-0.4, -0.2) is 54.7 Å². The maximum Gasteiger partial charge on any atom is 0.305 e. The number of benzene rings is 2. The second-order valence-electron chi connectivity index (χ2n) is 6.76. The number of piperazine rings is 1. The molecule has 0 bridgehead atoms. The van der Waals surface area contributed by atoms with Gasteiger partial charge in [-0.2, -0.15) is 4.31 Å². The van der Waals surface area contributed by atoms with Crippen LogP contribution in [0.5, 0.6) is 0 Å². The molecule has 0 atom stereocenters. The van der Waals surface area contributed by atoms with Crippen molar-refractivity contribution in [1.29, 1.82) is 0 Å². The van der Waals surface area contributed by atoms with Gasteiger partial charge in [-0.3, -0.25) is 9.59 Å². The summed E-state index contributed by atoms with van der Waals surface area (Å²) < 4.78 is 27.9. The van der Waals surface area contributed by atoms with Gasteiger partial charge in [-0.1, -0.05) is 41.1 Å². The third-order valence-electron chi connectivity index (χ3n) is 4.89. The van der Waals surface area contributed by atoms with E-state index in [2.05, 4.69) is 4.98 Å². The molecule has 156 valence electrons. The number of fused-ring (bicyclic) bond motifs is 1. The molecule has 1 aromatic heterocycles. The van der Waals surface area contributed by atoms with Crippen LogP contribution >= 0.6 is 22.9 Å². The smallest absolute Gasteiger partial charge is 0.305 e. The van der Waals surface area contributed by atoms with Crippen molar-refractivity contribution < 1.29 is 13.2 Å². The Kier molecular flexibility index (Phi) is 5.79. The highest BCUT2D eigenvalue weighted by molar-refractivity contribution is 7.89. The van der Waals surface area contributed by atoms with Gasteiger partial charge < -0.3 is 9.88 Å². The average Bonchev–Trinajstić information content (AvgIpc) is 3.12. The van der Waals surface area contributed by atoms with Crippen LogP contribution in [-0.2, 0) is 14.8 Å². The fourth-order valence-corrected chi connectivity index (χ4v) is 5.76. The second-order valence-corrected chi connectivity index (χ2v) is 10.1. The first kappa shape index (κ1) is 20.8. The van der Waals surface area contributed by atoms with Crippen LogP contribution < -0.4 is 4.87 Å². The zero-order valence-electron chi connectivity index (χ0n) is 15.7. The first-order chi connectivity index (χ1) is 14.3. The molecule has 10 heteroatoms. The number of aromatic amines is 1. The molecular weight excluding hydrogens is 446 g/mol. The van der Waals surface area contributed by atoms with E-state index in [4.69, 9.17) is 11.6 Å². The molecule has 2 heterocycles. The standard InChI is InChI=1S/C20H18ClN3O4S2/c21-16-4-2-1-3-14(16)5-8-19(25)23-9-11-24(12-10-23)30(27,28)15-6-7-17-18(13-15)29-20(26)22-17/h1-8,13H,9-12H2,(H,22,26). The summed E-state index contributed by atoms with van der Waals surface area (Å²) in [4.78, 5) is 28.1. The van der Waals surface area contributed by atoms with Crippen LogP contribution in [0.15, 0.2) is 58.2 Å². The molecule has 7 nitrogen and oxygen atoms in total. The number of thiazole rings is 1. The summed E-state index contributed by atoms with van der Waals surface area (Å²) in [6, 6.07) is 11.8. The van der Waals surface area contributed by atoms with Gasteiger partial charge in [-0.15, -0.1) is 0 Å². The summed E-state index contributed by atoms with van der Waals surface area (Å²) in [7, 11) is -3.70. The summed E-state index contributed by atoms with van der Waals surface area (Å²) in [6.45, 7) is 1.00. The highest BCUT2D eigenvalue weighted by atomic mass is 35.5. The van der Waals surface area contributed by atoms with Gasteiger partial charge in [0, 0.05) is 37.3 Å². The molecule has 0 spiro atoms. The Labute approximate surface area is 182 Å². The van der Waals surface area contributed by atoms with E-state index < -0.39 is 10.0 Å². The zero-order valence-corrected chi connectivity index (χ0v) is 18.1. The van der Waals surface area contributed by atoms with Gasteiger partial charge in [0.1, 0.15) is 0 Å². The molecule has 1 amide bonds. The monoisotopic (exact) mass is 463 g/mol. The summed E-state index contributed by atoms with van der Waals surface area (Å²) in [5.74, 6) is -0.189. The number of nitrogens with zero attached hydrogens (tertiary/aromatic N) is 2. The highest BCUT2D eigenvalue weighted by Crippen LogP contribution is 2.23. The lowest BCUT2D eigenvalue weighted by atomic mass is 10.2. The fraction of sp³-hybridized carbons (Fsp3) is 0.200. The number of H-pyrrole nitrogens is 1. The Bertz CT molecular complexity index is 1290. The van der Waals surface area contributed by atoms with Crippen LogP contribution in [0.3, 0.4) is 0 Å². The number of hydrogen-bond donors (Lipinski definition) is 1. The van der Waals surface area contributed by atoms with Crippen molar-refractivity contribution in [3.05, 3.63) is 68.8 Å². The van der Waals surface area contributed by atoms with Crippen molar-refractivity contribution in [2.75, 3.05) is 26.2 Å². The summed E-state index contributed by atoms with van der Waals surface area (Å²) >= 11 is 7.06. The molecule has 0 unspecified atom stereocenters. The van der Waals surface area contributed by atoms with E-state index in [-0.39, 0.29) is 28.8 Å². The second kappa shape index (κ2) is 8.35. The fourth-order valence-electron chi connectivity index (χ4n) is 3.26. The number of sulfonamides is 1. The van der Waals surface area contributed by atoms with Crippen molar-refractivity contribution in [1.82, 2.24) is 14.2 Å². The number of aromatic nitrogens is 1. The van der Waals surface area contributed by atoms with E-state index >= 15 is 0 Å². The molecule has 1 fully saturated rings. The van der Waals surface area contributed by atoms with Crippen LogP contribution in [0, 0.1) is 0 Å². The van der Waals surface area contributed by atoms with Crippen molar-refractivity contribution in [2.45, 2.75) is 4.90 Å². The number of hydrogen-bond acceptors (Lipinski definition) is 5. The van der Waals surface area contributed by atoms with E-state index in [1.54, 1.807) is 23.1 Å². The third kappa shape index (κ3) is 4.20. The van der Waals surface area contributed by atoms with E-state index in [0.29, 0.717) is 28.3 Å². The molecule has 1 N–H and O–H groups in total. The highest BCUT2D eigenvalue weighted by Gasteiger charge is 2.29. The van der Waals surface area contributed by atoms with Gasteiger partial charge in [0.25, 0.3) is 0 Å². The molecule has 0 radical (unpaired) electrons. The Balaban J connectivity index is 1.43. The molecule has 3 aromatic rings. The van der Waals surface area contributed by atoms with Crippen molar-refractivity contribution in [3.63, 3.8) is 0 Å². The van der Waals surface area contributed by atoms with Crippen molar-refractivity contribution >= 4 is 55.2 Å². The lowest BCUT2D eigenvalue weighted by Gasteiger charge is -2.33. The minimum absolute atomic E-state index is 0.142. The molecule has 0 aliphatic carbocycles. The van der Waals surface area contributed by atoms with Gasteiger partial charge in [0.05, 0.1) is 15.1 Å². The van der Waals surface area contributed by atoms with Crippen LogP contribution in [0.25, 0.3) is 16.3 Å². The van der Waals surface area contributed by atoms with Gasteiger partial charge in [-0.25, -0.2) is 8.42 Å². The largest absolute Gasteiger partial charge is 0.337 e. The van der Waals surface area contributed by atoms with Crippen molar-refractivity contribution in [3.8, 4) is 0 Å². The van der Waals surface area contributed by atoms with Gasteiger partial charge >= 0.3 is 4.87 Å². The third-order valence-corrected chi connectivity index (χ3v) is 7.98. The number of rotatable bonds is 4. The number of amides is 1. The Hall–Kier alpha value is -2.46. The molecule has 1 saturated heterocycles. The normalized spacial score (nSPS) is 15.8. The Morgan fingerprint density at radius 2 is 1.83 bits per heavy atom. The quantitative estimate of drug-likeness (QED) is 0.602. The number of carbonyl (C=O) groups is 1. The zero-order chi connectivity index (χ0) is 21.3. The minimum atomic E-state index is -3.70. The number of halogens is 1. The predicted octanol–water partition coefficient (Wildman–Crippen LogP) is 2.79. The lowest BCUT2D eigenvalue weighted by molar-refractivity contribution is -0.127. The summed E-state index contributed by atoms with van der Waals surface area (Å²) in [6.07, 6.45) is 3.11. The van der Waals surface area contributed by atoms with Gasteiger partial charge in [0.15, 0.2) is 0 Å². The average molecular weight is 464 g/mol. The van der Waals surface area contributed by atoms with Crippen molar-refractivity contribution in [2.24, 2.45) is 0 Å². The summed E-state index contributed by atoms with van der Waals surface area (Å²) in [5, 5.41) is 0.557. The van der Waals surface area contributed by atoms with E-state index in [1.807, 2.05) is 18.2 Å². The van der Waals surface area contributed by atoms with E-state index in [9.17, 15) is 18.0 Å². The first-order valence-electron chi connectivity index (χ1n) is 9.19. The van der Waals surface area contributed by atoms with E-state index in [1.165, 1.54) is 22.5 Å². The van der Waals surface area contributed by atoms with Gasteiger partial charge in [-0.05, 0) is 35.9 Å². The molecule has 4 rings (SSSR count). The molecule has 2 aromatic carbocycles. The SMILES string of the molecule is O=C(C=Cc1ccccc1Cl)N1CCN(S(=O)(=O)c2ccc3[nH]c(=O)sc3c2)CC1. The van der Waals surface area contributed by atoms with Crippen LogP contribution in [0.2, 0.25) is 5.02 Å². The predicted molar refractivity (Wildman–Crippen MR) is 118 cm³/mol. The number of nitrogens with one attached hydrogen (secondary N) is 1. The maximum atomic E-state index is 13.0.